The van der Waals surface area contributed by atoms with E-state index in [1.54, 1.807) is 6.92 Å². The third-order valence-corrected chi connectivity index (χ3v) is 3.51. The van der Waals surface area contributed by atoms with Crippen LogP contribution in [0.25, 0.3) is 0 Å². The van der Waals surface area contributed by atoms with Gasteiger partial charge in [0, 0.05) is 19.5 Å². The van der Waals surface area contributed by atoms with Crippen molar-refractivity contribution in [2.24, 2.45) is 4.99 Å². The molecular formula is C16H32IN5O2. The Balaban J connectivity index is 0.00000529. The molecule has 0 fully saturated rings. The number of aliphatic hydroxyl groups is 1. The average Bonchev–Trinajstić information content (AvgIpc) is 2.91. The zero-order valence-corrected chi connectivity index (χ0v) is 17.6. The van der Waals surface area contributed by atoms with E-state index in [1.807, 2.05) is 6.92 Å². The van der Waals surface area contributed by atoms with Gasteiger partial charge in [0.15, 0.2) is 11.8 Å². The van der Waals surface area contributed by atoms with Gasteiger partial charge in [0.1, 0.15) is 0 Å². The minimum absolute atomic E-state index is 0. The van der Waals surface area contributed by atoms with Crippen LogP contribution < -0.4 is 10.6 Å². The highest BCUT2D eigenvalue weighted by molar-refractivity contribution is 14.0. The highest BCUT2D eigenvalue weighted by Gasteiger charge is 2.24. The first-order valence-electron chi connectivity index (χ1n) is 8.56. The molecule has 0 aliphatic heterocycles. The summed E-state index contributed by atoms with van der Waals surface area (Å²) < 4.78 is 5.08. The summed E-state index contributed by atoms with van der Waals surface area (Å²) in [5.41, 5.74) is -0.713. The summed E-state index contributed by atoms with van der Waals surface area (Å²) in [7, 11) is 0. The van der Waals surface area contributed by atoms with Crippen LogP contribution in [0.2, 0.25) is 0 Å². The van der Waals surface area contributed by atoms with E-state index in [-0.39, 0.29) is 24.0 Å². The molecule has 140 valence electrons. The van der Waals surface area contributed by atoms with Gasteiger partial charge in [-0.3, -0.25) is 4.99 Å². The standard InChI is InChI=1S/C16H31N5O2.HI/c1-5-9-16(22,10-6-2)12-19-15(17-7-3)18-11-8-14-20-13(4)21-23-14;/h22H,5-12H2,1-4H3,(H2,17,18,19);1H. The largest absolute Gasteiger partial charge is 0.388 e. The second-order valence-electron chi connectivity index (χ2n) is 5.83. The van der Waals surface area contributed by atoms with Crippen LogP contribution in [0.3, 0.4) is 0 Å². The van der Waals surface area contributed by atoms with Crippen molar-refractivity contribution in [2.45, 2.75) is 65.4 Å². The lowest BCUT2D eigenvalue weighted by Crippen LogP contribution is -2.40. The van der Waals surface area contributed by atoms with Crippen molar-refractivity contribution in [1.82, 2.24) is 20.8 Å². The first kappa shape index (κ1) is 23.1. The number of nitrogens with zero attached hydrogens (tertiary/aromatic N) is 3. The summed E-state index contributed by atoms with van der Waals surface area (Å²) in [5.74, 6) is 1.96. The molecule has 0 saturated carbocycles. The third kappa shape index (κ3) is 8.81. The first-order chi connectivity index (χ1) is 11.0. The summed E-state index contributed by atoms with van der Waals surface area (Å²) in [6.07, 6.45) is 4.08. The van der Waals surface area contributed by atoms with Gasteiger partial charge in [-0.1, -0.05) is 31.8 Å². The van der Waals surface area contributed by atoms with Crippen LogP contribution in [0.4, 0.5) is 0 Å². The molecule has 0 amide bonds. The molecule has 0 aliphatic carbocycles. The van der Waals surface area contributed by atoms with Crippen molar-refractivity contribution >= 4 is 29.9 Å². The van der Waals surface area contributed by atoms with Gasteiger partial charge in [-0.15, -0.1) is 24.0 Å². The summed E-state index contributed by atoms with van der Waals surface area (Å²) in [6.45, 7) is 9.81. The van der Waals surface area contributed by atoms with Crippen molar-refractivity contribution in [3.63, 3.8) is 0 Å². The Morgan fingerprint density at radius 1 is 1.21 bits per heavy atom. The smallest absolute Gasteiger partial charge is 0.228 e. The molecule has 8 heteroatoms. The number of rotatable bonds is 10. The van der Waals surface area contributed by atoms with Crippen LogP contribution in [0.5, 0.6) is 0 Å². The van der Waals surface area contributed by atoms with Crippen molar-refractivity contribution in [2.75, 3.05) is 19.6 Å². The number of guanidine groups is 1. The highest BCUT2D eigenvalue weighted by atomic mass is 127. The SMILES string of the molecule is CCCC(O)(CCC)CN=C(NCC)NCCc1nc(C)no1.I. The van der Waals surface area contributed by atoms with Gasteiger partial charge < -0.3 is 20.3 Å². The molecule has 0 radical (unpaired) electrons. The minimum atomic E-state index is -0.713. The molecule has 0 atom stereocenters. The number of hydrogen-bond acceptors (Lipinski definition) is 5. The number of aromatic nitrogens is 2. The quantitative estimate of drug-likeness (QED) is 0.286. The van der Waals surface area contributed by atoms with E-state index >= 15 is 0 Å². The molecule has 0 spiro atoms. The Morgan fingerprint density at radius 2 is 1.88 bits per heavy atom. The molecule has 1 aromatic rings. The van der Waals surface area contributed by atoms with E-state index in [1.165, 1.54) is 0 Å². The van der Waals surface area contributed by atoms with Crippen LogP contribution in [0, 0.1) is 6.92 Å². The lowest BCUT2D eigenvalue weighted by molar-refractivity contribution is 0.0306. The highest BCUT2D eigenvalue weighted by Crippen LogP contribution is 2.19. The Kier molecular flexibility index (Phi) is 12.0. The van der Waals surface area contributed by atoms with Gasteiger partial charge >= 0.3 is 0 Å². The molecular weight excluding hydrogens is 421 g/mol. The molecule has 0 unspecified atom stereocenters. The van der Waals surface area contributed by atoms with E-state index in [2.05, 4.69) is 39.6 Å². The third-order valence-electron chi connectivity index (χ3n) is 3.51. The number of halogens is 1. The van der Waals surface area contributed by atoms with E-state index in [9.17, 15) is 5.11 Å². The average molecular weight is 453 g/mol. The van der Waals surface area contributed by atoms with E-state index in [4.69, 9.17) is 4.52 Å². The van der Waals surface area contributed by atoms with Gasteiger partial charge in [-0.05, 0) is 26.7 Å². The Morgan fingerprint density at radius 3 is 2.38 bits per heavy atom. The van der Waals surface area contributed by atoms with E-state index in [0.29, 0.717) is 37.2 Å². The Bertz CT molecular complexity index is 473. The van der Waals surface area contributed by atoms with Gasteiger partial charge in [0.05, 0.1) is 12.1 Å². The molecule has 0 aromatic carbocycles. The van der Waals surface area contributed by atoms with Gasteiger partial charge in [0.25, 0.3) is 0 Å². The second-order valence-corrected chi connectivity index (χ2v) is 5.83. The van der Waals surface area contributed by atoms with Crippen molar-refractivity contribution in [3.05, 3.63) is 11.7 Å². The summed E-state index contributed by atoms with van der Waals surface area (Å²) >= 11 is 0. The zero-order chi connectivity index (χ0) is 17.1. The molecule has 1 rings (SSSR count). The van der Waals surface area contributed by atoms with Crippen LogP contribution >= 0.6 is 24.0 Å². The lowest BCUT2D eigenvalue weighted by Gasteiger charge is -2.26. The number of nitrogens with one attached hydrogen (secondary N) is 2. The lowest BCUT2D eigenvalue weighted by atomic mass is 9.93. The normalized spacial score (nSPS) is 12.0. The van der Waals surface area contributed by atoms with Crippen LogP contribution in [-0.4, -0.2) is 46.4 Å². The Hall–Kier alpha value is -0.900. The molecule has 1 aromatic heterocycles. The van der Waals surface area contributed by atoms with Crippen molar-refractivity contribution < 1.29 is 9.63 Å². The van der Waals surface area contributed by atoms with Gasteiger partial charge in [-0.25, -0.2) is 0 Å². The van der Waals surface area contributed by atoms with E-state index < -0.39 is 5.60 Å². The van der Waals surface area contributed by atoms with Crippen molar-refractivity contribution in [1.29, 1.82) is 0 Å². The predicted octanol–water partition coefficient (Wildman–Crippen LogP) is 2.42. The molecule has 24 heavy (non-hydrogen) atoms. The Labute approximate surface area is 162 Å². The van der Waals surface area contributed by atoms with E-state index in [0.717, 1.165) is 32.2 Å². The molecule has 7 nitrogen and oxygen atoms in total. The summed E-state index contributed by atoms with van der Waals surface area (Å²) in [4.78, 5) is 8.71. The maximum Gasteiger partial charge on any atom is 0.228 e. The molecule has 1 heterocycles. The molecule has 0 aliphatic rings. The van der Waals surface area contributed by atoms with Gasteiger partial charge in [0.2, 0.25) is 5.89 Å². The zero-order valence-electron chi connectivity index (χ0n) is 15.3. The van der Waals surface area contributed by atoms with Crippen LogP contribution in [0.1, 0.15) is 58.2 Å². The maximum atomic E-state index is 10.6. The van der Waals surface area contributed by atoms with Gasteiger partial charge in [-0.2, -0.15) is 4.98 Å². The molecule has 3 N–H and O–H groups in total. The predicted molar refractivity (Wildman–Crippen MR) is 107 cm³/mol. The maximum absolute atomic E-state index is 10.6. The summed E-state index contributed by atoms with van der Waals surface area (Å²) in [5, 5.41) is 20.8. The monoisotopic (exact) mass is 453 g/mol. The molecule has 0 saturated heterocycles. The van der Waals surface area contributed by atoms with Crippen LogP contribution in [-0.2, 0) is 6.42 Å². The second kappa shape index (κ2) is 12.5. The fourth-order valence-corrected chi connectivity index (χ4v) is 2.51. The van der Waals surface area contributed by atoms with Crippen molar-refractivity contribution in [3.8, 4) is 0 Å². The topological polar surface area (TPSA) is 95.6 Å². The fraction of sp³-hybridized carbons (Fsp3) is 0.812. The number of hydrogen-bond donors (Lipinski definition) is 3. The number of aryl methyl sites for hydroxylation is 1. The summed E-state index contributed by atoms with van der Waals surface area (Å²) in [6, 6.07) is 0. The number of aliphatic imine (C=N–C) groups is 1. The minimum Gasteiger partial charge on any atom is -0.388 e. The molecule has 0 bridgehead atoms. The fourth-order valence-electron chi connectivity index (χ4n) is 2.51. The van der Waals surface area contributed by atoms with Crippen LogP contribution in [0.15, 0.2) is 9.52 Å². The first-order valence-corrected chi connectivity index (χ1v) is 8.56.